The Labute approximate surface area is 290 Å². The molecule has 0 saturated carbocycles. The first kappa shape index (κ1) is 38.7. The molecule has 0 saturated heterocycles. The summed E-state index contributed by atoms with van der Waals surface area (Å²) in [6.07, 6.45) is 3.83. The first-order valence-corrected chi connectivity index (χ1v) is 19.1. The molecule has 0 fully saturated rings. The van der Waals surface area contributed by atoms with Gasteiger partial charge in [0, 0.05) is 32.3 Å². The van der Waals surface area contributed by atoms with Gasteiger partial charge in [-0.3, -0.25) is 4.79 Å². The van der Waals surface area contributed by atoms with Gasteiger partial charge in [0.15, 0.2) is 0 Å². The molecule has 0 aliphatic heterocycles. The number of rotatable bonds is 17. The smallest absolute Gasteiger partial charge is 0.407 e. The molecule has 0 spiro atoms. The maximum Gasteiger partial charge on any atom is 0.407 e. The zero-order chi connectivity index (χ0) is 34.9. The third-order valence-corrected chi connectivity index (χ3v) is 13.0. The van der Waals surface area contributed by atoms with Gasteiger partial charge in [-0.05, 0) is 61.0 Å². The number of unbranched alkanes of at least 4 members (excludes halogenated alkanes) is 2. The predicted molar refractivity (Wildman–Crippen MR) is 198 cm³/mol. The normalized spacial score (nSPS) is 12.5. The lowest BCUT2D eigenvalue weighted by molar-refractivity contribution is -0.119. The van der Waals surface area contributed by atoms with Crippen LogP contribution in [0.15, 0.2) is 91.0 Å². The lowest BCUT2D eigenvalue weighted by Gasteiger charge is -2.43. The molecule has 3 rings (SSSR count). The lowest BCUT2D eigenvalue weighted by atomic mass is 10.1. The molecule has 0 aromatic heterocycles. The molecule has 0 aliphatic carbocycles. The quantitative estimate of drug-likeness (QED) is 0.0897. The summed E-state index contributed by atoms with van der Waals surface area (Å²) in [6, 6.07) is 30.9. The highest BCUT2D eigenvalue weighted by Crippen LogP contribution is 2.36. The summed E-state index contributed by atoms with van der Waals surface area (Å²) in [7, 11) is -2.53. The van der Waals surface area contributed by atoms with E-state index in [1.807, 2.05) is 51.1 Å². The van der Waals surface area contributed by atoms with E-state index in [1.54, 1.807) is 0 Å². The fourth-order valence-electron chi connectivity index (χ4n) is 5.72. The van der Waals surface area contributed by atoms with Gasteiger partial charge in [0.1, 0.15) is 11.4 Å². The summed E-state index contributed by atoms with van der Waals surface area (Å²) in [5.74, 6) is 6.70. The number of benzene rings is 3. The molecular formula is C41H55NO5Si. The van der Waals surface area contributed by atoms with E-state index in [1.165, 1.54) is 10.4 Å². The molecule has 1 atom stereocenters. The van der Waals surface area contributed by atoms with E-state index in [0.29, 0.717) is 45.5 Å². The van der Waals surface area contributed by atoms with Crippen LogP contribution in [0.2, 0.25) is 5.04 Å². The van der Waals surface area contributed by atoms with Crippen molar-refractivity contribution in [1.82, 2.24) is 5.32 Å². The molecule has 6 nitrogen and oxygen atoms in total. The van der Waals surface area contributed by atoms with Crippen molar-refractivity contribution in [3.05, 3.63) is 96.6 Å². The second-order valence-corrected chi connectivity index (χ2v) is 18.5. The van der Waals surface area contributed by atoms with Crippen molar-refractivity contribution in [2.75, 3.05) is 13.2 Å². The molecule has 1 N–H and O–H groups in total. The van der Waals surface area contributed by atoms with Crippen LogP contribution in [0.25, 0.3) is 0 Å². The predicted octanol–water partition coefficient (Wildman–Crippen LogP) is 7.98. The van der Waals surface area contributed by atoms with Crippen molar-refractivity contribution in [2.45, 2.75) is 110 Å². The molecule has 258 valence electrons. The van der Waals surface area contributed by atoms with Crippen LogP contribution in [0, 0.1) is 11.8 Å². The minimum absolute atomic E-state index is 0.0467. The second-order valence-electron chi connectivity index (χ2n) is 14.2. The third kappa shape index (κ3) is 13.1. The average Bonchev–Trinajstić information content (AvgIpc) is 3.04. The van der Waals surface area contributed by atoms with Crippen LogP contribution in [0.4, 0.5) is 4.79 Å². The van der Waals surface area contributed by atoms with E-state index in [9.17, 15) is 9.59 Å². The Kier molecular flexibility index (Phi) is 15.6. The van der Waals surface area contributed by atoms with Crippen LogP contribution in [-0.4, -0.2) is 45.1 Å². The summed E-state index contributed by atoms with van der Waals surface area (Å²) < 4.78 is 18.2. The van der Waals surface area contributed by atoms with Crippen LogP contribution in [-0.2, 0) is 25.3 Å². The molecule has 0 aliphatic rings. The Hall–Kier alpha value is -3.70. The Balaban J connectivity index is 1.43. The van der Waals surface area contributed by atoms with Crippen LogP contribution in [0.3, 0.4) is 0 Å². The van der Waals surface area contributed by atoms with E-state index in [2.05, 4.69) is 98.6 Å². The fraction of sp³-hybridized carbons (Fsp3) is 0.463. The monoisotopic (exact) mass is 669 g/mol. The summed E-state index contributed by atoms with van der Waals surface area (Å²) in [4.78, 5) is 25.1. The molecular weight excluding hydrogens is 615 g/mol. The Morgan fingerprint density at radius 3 is 1.83 bits per heavy atom. The number of hydrogen-bond acceptors (Lipinski definition) is 5. The number of ether oxygens (including phenoxy) is 2. The van der Waals surface area contributed by atoms with E-state index in [4.69, 9.17) is 13.9 Å². The molecule has 0 heterocycles. The van der Waals surface area contributed by atoms with Crippen molar-refractivity contribution in [2.24, 2.45) is 0 Å². The van der Waals surface area contributed by atoms with E-state index in [0.717, 1.165) is 24.8 Å². The highest BCUT2D eigenvalue weighted by atomic mass is 28.4. The molecule has 0 unspecified atom stereocenters. The second kappa shape index (κ2) is 19.3. The average molecular weight is 670 g/mol. The standard InChI is InChI=1S/C41H55NO5Si/c1-40(2,3)47-39(44)42-35(33-45-32-34-22-14-11-15-23-34)29-30-36(43)24-16-9-7-8-10-21-31-46-48(41(4,5)6,37-25-17-12-18-26-37)38-27-19-13-20-28-38/h11-15,17-20,22-23,25-28,35H,9-10,16,21,24,29-33H2,1-6H3,(H,42,44)/t35-/m0/s1. The van der Waals surface area contributed by atoms with Crippen molar-refractivity contribution >= 4 is 30.6 Å². The van der Waals surface area contributed by atoms with Crippen LogP contribution >= 0.6 is 0 Å². The maximum atomic E-state index is 12.7. The van der Waals surface area contributed by atoms with Gasteiger partial charge in [0.2, 0.25) is 0 Å². The minimum atomic E-state index is -2.53. The highest BCUT2D eigenvalue weighted by Gasteiger charge is 2.49. The van der Waals surface area contributed by atoms with Crippen molar-refractivity contribution in [3.8, 4) is 11.8 Å². The van der Waals surface area contributed by atoms with Gasteiger partial charge < -0.3 is 19.2 Å². The van der Waals surface area contributed by atoms with Gasteiger partial charge in [-0.1, -0.05) is 112 Å². The number of ketones is 1. The molecule has 48 heavy (non-hydrogen) atoms. The zero-order valence-corrected chi connectivity index (χ0v) is 30.8. The van der Waals surface area contributed by atoms with Gasteiger partial charge in [-0.15, -0.1) is 11.8 Å². The van der Waals surface area contributed by atoms with Gasteiger partial charge >= 0.3 is 6.09 Å². The van der Waals surface area contributed by atoms with Crippen molar-refractivity contribution in [3.63, 3.8) is 0 Å². The number of hydrogen-bond donors (Lipinski definition) is 1. The van der Waals surface area contributed by atoms with Crippen molar-refractivity contribution < 1.29 is 23.5 Å². The van der Waals surface area contributed by atoms with Gasteiger partial charge in [0.25, 0.3) is 8.32 Å². The fourth-order valence-corrected chi connectivity index (χ4v) is 10.3. The molecule has 1 amide bonds. The number of carbonyl (C=O) groups excluding carboxylic acids is 2. The van der Waals surface area contributed by atoms with E-state index >= 15 is 0 Å². The SMILES string of the molecule is CC(C)(C)OC(=O)N[C@@H](CCC(=O)CCCC#CCCCO[Si](c1ccccc1)(c1ccccc1)C(C)(C)C)COCc1ccccc1. The summed E-state index contributed by atoms with van der Waals surface area (Å²) in [5, 5.41) is 5.40. The van der Waals surface area contributed by atoms with Gasteiger partial charge in [-0.25, -0.2) is 4.79 Å². The summed E-state index contributed by atoms with van der Waals surface area (Å²) in [6.45, 7) is 13.7. The maximum absolute atomic E-state index is 12.7. The van der Waals surface area contributed by atoms with E-state index in [-0.39, 0.29) is 16.9 Å². The highest BCUT2D eigenvalue weighted by molar-refractivity contribution is 6.99. The van der Waals surface area contributed by atoms with E-state index < -0.39 is 20.0 Å². The van der Waals surface area contributed by atoms with Crippen LogP contribution < -0.4 is 15.7 Å². The molecule has 3 aromatic rings. The number of alkyl carbamates (subject to hydrolysis) is 1. The third-order valence-electron chi connectivity index (χ3n) is 7.99. The number of Topliss-reactive ketones (excluding diaryl/α,β-unsaturated/α-hetero) is 1. The number of carbonyl (C=O) groups is 2. The largest absolute Gasteiger partial charge is 0.444 e. The lowest BCUT2D eigenvalue weighted by Crippen LogP contribution is -2.66. The molecule has 3 aromatic carbocycles. The van der Waals surface area contributed by atoms with Crippen LogP contribution in [0.1, 0.15) is 92.1 Å². The topological polar surface area (TPSA) is 73.9 Å². The first-order valence-electron chi connectivity index (χ1n) is 17.2. The Bertz CT molecular complexity index is 1400. The van der Waals surface area contributed by atoms with Gasteiger partial charge in [-0.2, -0.15) is 0 Å². The first-order chi connectivity index (χ1) is 22.9. The molecule has 0 bridgehead atoms. The van der Waals surface area contributed by atoms with Gasteiger partial charge in [0.05, 0.1) is 19.3 Å². The van der Waals surface area contributed by atoms with Crippen molar-refractivity contribution in [1.29, 1.82) is 0 Å². The minimum Gasteiger partial charge on any atom is -0.444 e. The number of nitrogens with one attached hydrogen (secondary N) is 1. The summed E-state index contributed by atoms with van der Waals surface area (Å²) in [5.41, 5.74) is 0.449. The molecule has 7 heteroatoms. The Morgan fingerprint density at radius 2 is 1.29 bits per heavy atom. The molecule has 0 radical (unpaired) electrons. The Morgan fingerprint density at radius 1 is 0.750 bits per heavy atom. The summed E-state index contributed by atoms with van der Waals surface area (Å²) >= 11 is 0. The zero-order valence-electron chi connectivity index (χ0n) is 29.8. The number of amides is 1. The van der Waals surface area contributed by atoms with Crippen LogP contribution in [0.5, 0.6) is 0 Å².